The molecule has 0 spiro atoms. The van der Waals surface area contributed by atoms with Gasteiger partial charge in [0.25, 0.3) is 5.91 Å². The molecule has 0 N–H and O–H groups in total. The molecule has 1 aromatic heterocycles. The van der Waals surface area contributed by atoms with Crippen molar-refractivity contribution in [3.8, 4) is 5.75 Å². The summed E-state index contributed by atoms with van der Waals surface area (Å²) >= 11 is 0. The summed E-state index contributed by atoms with van der Waals surface area (Å²) < 4.78 is 37.9. The Hall–Kier alpha value is -3.22. The van der Waals surface area contributed by atoms with Gasteiger partial charge in [0, 0.05) is 13.0 Å². The molecular weight excluding hydrogens is 378 g/mol. The average Bonchev–Trinajstić information content (AvgIpc) is 3.38. The van der Waals surface area contributed by atoms with Crippen LogP contribution in [0, 0.1) is 11.6 Å². The molecule has 0 saturated carbocycles. The van der Waals surface area contributed by atoms with Gasteiger partial charge in [-0.15, -0.1) is 0 Å². The van der Waals surface area contributed by atoms with Crippen LogP contribution in [0.4, 0.5) is 8.78 Å². The molecule has 0 aliphatic carbocycles. The number of hydrogen-bond acceptors (Lipinski definition) is 4. The highest BCUT2D eigenvalue weighted by Gasteiger charge is 2.33. The van der Waals surface area contributed by atoms with Gasteiger partial charge in [-0.3, -0.25) is 4.79 Å². The molecule has 5 nitrogen and oxygen atoms in total. The summed E-state index contributed by atoms with van der Waals surface area (Å²) in [6, 6.07) is 11.9. The highest BCUT2D eigenvalue weighted by atomic mass is 19.1. The van der Waals surface area contributed by atoms with Crippen LogP contribution in [0.5, 0.6) is 5.75 Å². The Bertz CT molecular complexity index is 988. The second-order valence-corrected chi connectivity index (χ2v) is 6.93. The predicted octanol–water partition coefficient (Wildman–Crippen LogP) is 4.29. The fourth-order valence-corrected chi connectivity index (χ4v) is 3.47. The van der Waals surface area contributed by atoms with E-state index >= 15 is 0 Å². The zero-order valence-corrected chi connectivity index (χ0v) is 15.7. The number of ether oxygens (including phenoxy) is 1. The number of benzene rings is 2. The Kier molecular flexibility index (Phi) is 5.55. The van der Waals surface area contributed by atoms with E-state index in [1.807, 2.05) is 0 Å². The molecule has 0 unspecified atom stereocenters. The number of halogens is 2. The van der Waals surface area contributed by atoms with E-state index in [0.717, 1.165) is 18.4 Å². The SMILES string of the molecule is O=C(COc1ccccc1F)N1CCC[C@@H]1c1ncc(Cc2ccc(F)cc2)o1. The summed E-state index contributed by atoms with van der Waals surface area (Å²) in [6.45, 7) is 0.320. The van der Waals surface area contributed by atoms with Crippen LogP contribution >= 0.6 is 0 Å². The average molecular weight is 398 g/mol. The topological polar surface area (TPSA) is 55.6 Å². The molecule has 7 heteroatoms. The van der Waals surface area contributed by atoms with E-state index in [2.05, 4.69) is 4.98 Å². The Balaban J connectivity index is 1.40. The number of carbonyl (C=O) groups excluding carboxylic acids is 1. The minimum atomic E-state index is -0.503. The van der Waals surface area contributed by atoms with Gasteiger partial charge in [-0.1, -0.05) is 24.3 Å². The van der Waals surface area contributed by atoms with Crippen LogP contribution in [0.15, 0.2) is 59.1 Å². The van der Waals surface area contributed by atoms with Crippen molar-refractivity contribution >= 4 is 5.91 Å². The van der Waals surface area contributed by atoms with Crippen LogP contribution < -0.4 is 4.74 Å². The third-order valence-corrected chi connectivity index (χ3v) is 4.91. The molecule has 1 fully saturated rings. The maximum Gasteiger partial charge on any atom is 0.261 e. The fraction of sp³-hybridized carbons (Fsp3) is 0.273. The summed E-state index contributed by atoms with van der Waals surface area (Å²) in [4.78, 5) is 18.6. The minimum Gasteiger partial charge on any atom is -0.481 e. The number of rotatable bonds is 6. The van der Waals surface area contributed by atoms with Gasteiger partial charge in [-0.2, -0.15) is 0 Å². The molecule has 1 atom stereocenters. The van der Waals surface area contributed by atoms with Crippen LogP contribution in [0.1, 0.15) is 36.1 Å². The monoisotopic (exact) mass is 398 g/mol. The summed E-state index contributed by atoms with van der Waals surface area (Å²) in [5.74, 6) is 0.136. The summed E-state index contributed by atoms with van der Waals surface area (Å²) in [5.41, 5.74) is 0.909. The van der Waals surface area contributed by atoms with Gasteiger partial charge in [0.05, 0.1) is 6.20 Å². The second kappa shape index (κ2) is 8.43. The molecule has 1 aliphatic rings. The number of carbonyl (C=O) groups is 1. The van der Waals surface area contributed by atoms with Crippen LogP contribution in [-0.2, 0) is 11.2 Å². The standard InChI is InChI=1S/C22H20F2N2O3/c23-16-9-7-15(8-10-16)12-17-13-25-22(29-17)19-5-3-11-26(19)21(27)14-28-20-6-2-1-4-18(20)24/h1-2,4,6-10,13,19H,3,5,11-12,14H2/t19-/m1/s1. The lowest BCUT2D eigenvalue weighted by molar-refractivity contribution is -0.134. The summed E-state index contributed by atoms with van der Waals surface area (Å²) in [7, 11) is 0. The number of aromatic nitrogens is 1. The van der Waals surface area contributed by atoms with Gasteiger partial charge >= 0.3 is 0 Å². The first-order valence-electron chi connectivity index (χ1n) is 9.46. The van der Waals surface area contributed by atoms with Crippen molar-refractivity contribution in [1.29, 1.82) is 0 Å². The van der Waals surface area contributed by atoms with Gasteiger partial charge in [-0.25, -0.2) is 13.8 Å². The van der Waals surface area contributed by atoms with Crippen LogP contribution in [0.3, 0.4) is 0 Å². The highest BCUT2D eigenvalue weighted by Crippen LogP contribution is 2.32. The van der Waals surface area contributed by atoms with Crippen molar-refractivity contribution in [2.75, 3.05) is 13.2 Å². The van der Waals surface area contributed by atoms with Gasteiger partial charge in [0.1, 0.15) is 17.6 Å². The lowest BCUT2D eigenvalue weighted by atomic mass is 10.1. The van der Waals surface area contributed by atoms with Gasteiger partial charge < -0.3 is 14.1 Å². The summed E-state index contributed by atoms with van der Waals surface area (Å²) in [6.07, 6.45) is 3.69. The van der Waals surface area contributed by atoms with Crippen molar-refractivity contribution in [3.63, 3.8) is 0 Å². The maximum atomic E-state index is 13.7. The predicted molar refractivity (Wildman–Crippen MR) is 101 cm³/mol. The summed E-state index contributed by atoms with van der Waals surface area (Å²) in [5, 5.41) is 0. The molecule has 3 aromatic rings. The van der Waals surface area contributed by atoms with E-state index in [1.54, 1.807) is 35.4 Å². The molecule has 29 heavy (non-hydrogen) atoms. The molecule has 4 rings (SSSR count). The number of amides is 1. The molecule has 0 radical (unpaired) electrons. The second-order valence-electron chi connectivity index (χ2n) is 6.93. The Morgan fingerprint density at radius 3 is 2.76 bits per heavy atom. The molecule has 0 bridgehead atoms. The smallest absolute Gasteiger partial charge is 0.261 e. The third kappa shape index (κ3) is 4.45. The van der Waals surface area contributed by atoms with Gasteiger partial charge in [-0.05, 0) is 42.7 Å². The Morgan fingerprint density at radius 1 is 1.17 bits per heavy atom. The van der Waals surface area contributed by atoms with E-state index in [0.29, 0.717) is 24.6 Å². The van der Waals surface area contributed by atoms with E-state index < -0.39 is 5.82 Å². The lowest BCUT2D eigenvalue weighted by Gasteiger charge is -2.22. The third-order valence-electron chi connectivity index (χ3n) is 4.91. The molecule has 150 valence electrons. The van der Waals surface area contributed by atoms with Crippen molar-refractivity contribution in [2.45, 2.75) is 25.3 Å². The molecule has 1 aliphatic heterocycles. The van der Waals surface area contributed by atoms with Gasteiger partial charge in [0.2, 0.25) is 5.89 Å². The Morgan fingerprint density at radius 2 is 1.97 bits per heavy atom. The molecular formula is C22H20F2N2O3. The maximum absolute atomic E-state index is 13.7. The molecule has 1 saturated heterocycles. The van der Waals surface area contributed by atoms with Crippen LogP contribution in [-0.4, -0.2) is 28.9 Å². The van der Waals surface area contributed by atoms with Crippen LogP contribution in [0.25, 0.3) is 0 Å². The largest absolute Gasteiger partial charge is 0.481 e. The van der Waals surface area contributed by atoms with E-state index in [4.69, 9.17) is 9.15 Å². The van der Waals surface area contributed by atoms with Gasteiger partial charge in [0.15, 0.2) is 18.2 Å². The number of nitrogens with zero attached hydrogens (tertiary/aromatic N) is 2. The first-order valence-corrected chi connectivity index (χ1v) is 9.46. The fourth-order valence-electron chi connectivity index (χ4n) is 3.47. The number of likely N-dealkylation sites (tertiary alicyclic amines) is 1. The number of para-hydroxylation sites is 1. The quantitative estimate of drug-likeness (QED) is 0.622. The minimum absolute atomic E-state index is 0.0503. The first kappa shape index (κ1) is 19.1. The lowest BCUT2D eigenvalue weighted by Crippen LogP contribution is -2.34. The number of oxazole rings is 1. The van der Waals surface area contributed by atoms with E-state index in [-0.39, 0.29) is 30.1 Å². The van der Waals surface area contributed by atoms with E-state index in [9.17, 15) is 13.6 Å². The zero-order chi connectivity index (χ0) is 20.2. The molecule has 2 aromatic carbocycles. The van der Waals surface area contributed by atoms with Crippen LogP contribution in [0.2, 0.25) is 0 Å². The van der Waals surface area contributed by atoms with Crippen molar-refractivity contribution in [3.05, 3.63) is 83.6 Å². The molecule has 1 amide bonds. The highest BCUT2D eigenvalue weighted by molar-refractivity contribution is 5.78. The Labute approximate surface area is 166 Å². The normalized spacial score (nSPS) is 16.2. The molecule has 2 heterocycles. The zero-order valence-electron chi connectivity index (χ0n) is 15.7. The number of hydrogen-bond donors (Lipinski definition) is 0. The van der Waals surface area contributed by atoms with Crippen molar-refractivity contribution in [2.24, 2.45) is 0 Å². The van der Waals surface area contributed by atoms with Crippen molar-refractivity contribution < 1.29 is 22.7 Å². The van der Waals surface area contributed by atoms with Crippen molar-refractivity contribution in [1.82, 2.24) is 9.88 Å². The van der Waals surface area contributed by atoms with E-state index in [1.165, 1.54) is 24.3 Å². The first-order chi connectivity index (χ1) is 14.1.